The normalized spacial score (nSPS) is 12.1. The summed E-state index contributed by atoms with van der Waals surface area (Å²) in [6.45, 7) is 5.61. The average molecular weight is 473 g/mol. The third-order valence-corrected chi connectivity index (χ3v) is 7.65. The predicted molar refractivity (Wildman–Crippen MR) is 121 cm³/mol. The maximum atomic E-state index is 12.9. The lowest BCUT2D eigenvalue weighted by Crippen LogP contribution is -2.16. The molecule has 1 aromatic heterocycles. The van der Waals surface area contributed by atoms with Gasteiger partial charge in [0.1, 0.15) is 10.4 Å². The number of sulfonamides is 2. The van der Waals surface area contributed by atoms with E-state index in [4.69, 9.17) is 0 Å². The van der Waals surface area contributed by atoms with Crippen LogP contribution in [0.5, 0.6) is 0 Å². The maximum Gasteiger partial charge on any atom is 0.264 e. The van der Waals surface area contributed by atoms with E-state index in [0.29, 0.717) is 11.2 Å². The Morgan fingerprint density at radius 2 is 1.44 bits per heavy atom. The molecule has 0 bridgehead atoms. The summed E-state index contributed by atoms with van der Waals surface area (Å²) in [4.78, 5) is -0.0949. The SMILES string of the molecule is Cc1cc(C)c(NS(=O)(=O)c2ccc(NS(=O)(=O)c3cccc4nonc34)cc2)c(C)c1. The molecular weight excluding hydrogens is 452 g/mol. The molecule has 32 heavy (non-hydrogen) atoms. The number of aryl methyl sites for hydroxylation is 3. The van der Waals surface area contributed by atoms with Crippen LogP contribution in [0.15, 0.2) is 69.0 Å². The van der Waals surface area contributed by atoms with E-state index in [0.717, 1.165) is 16.7 Å². The largest absolute Gasteiger partial charge is 0.280 e. The van der Waals surface area contributed by atoms with E-state index in [1.165, 1.54) is 36.4 Å². The monoisotopic (exact) mass is 472 g/mol. The van der Waals surface area contributed by atoms with E-state index in [1.807, 2.05) is 32.9 Å². The van der Waals surface area contributed by atoms with Crippen molar-refractivity contribution in [2.24, 2.45) is 0 Å². The highest BCUT2D eigenvalue weighted by Gasteiger charge is 2.21. The van der Waals surface area contributed by atoms with Crippen LogP contribution >= 0.6 is 0 Å². The molecule has 166 valence electrons. The van der Waals surface area contributed by atoms with Crippen LogP contribution < -0.4 is 9.44 Å². The van der Waals surface area contributed by atoms with E-state index in [2.05, 4.69) is 24.4 Å². The zero-order valence-electron chi connectivity index (χ0n) is 17.4. The summed E-state index contributed by atoms with van der Waals surface area (Å²) in [6, 6.07) is 13.7. The highest BCUT2D eigenvalue weighted by Crippen LogP contribution is 2.27. The van der Waals surface area contributed by atoms with E-state index in [1.54, 1.807) is 6.07 Å². The summed E-state index contributed by atoms with van der Waals surface area (Å²) in [5.74, 6) is 0. The van der Waals surface area contributed by atoms with Crippen molar-refractivity contribution < 1.29 is 21.5 Å². The molecule has 9 nitrogen and oxygen atoms in total. The van der Waals surface area contributed by atoms with Crippen molar-refractivity contribution >= 4 is 42.5 Å². The molecular formula is C21H20N4O5S2. The first kappa shape index (κ1) is 21.8. The van der Waals surface area contributed by atoms with Gasteiger partial charge in [0.2, 0.25) is 0 Å². The number of benzene rings is 3. The summed E-state index contributed by atoms with van der Waals surface area (Å²) < 4.78 is 60.9. The number of aromatic nitrogens is 2. The van der Waals surface area contributed by atoms with Crippen molar-refractivity contribution in [2.45, 2.75) is 30.6 Å². The summed E-state index contributed by atoms with van der Waals surface area (Å²) in [7, 11) is -7.86. The van der Waals surface area contributed by atoms with Crippen molar-refractivity contribution in [3.8, 4) is 0 Å². The molecule has 0 radical (unpaired) electrons. The summed E-state index contributed by atoms with van der Waals surface area (Å²) >= 11 is 0. The first-order chi connectivity index (χ1) is 15.1. The lowest BCUT2D eigenvalue weighted by Gasteiger charge is -2.15. The van der Waals surface area contributed by atoms with Crippen LogP contribution in [0.1, 0.15) is 16.7 Å². The minimum absolute atomic E-state index is 0.00243. The number of fused-ring (bicyclic) bond motifs is 1. The maximum absolute atomic E-state index is 12.9. The summed E-state index contributed by atoms with van der Waals surface area (Å²) in [5, 5.41) is 7.28. The predicted octanol–water partition coefficient (Wildman–Crippen LogP) is 3.75. The average Bonchev–Trinajstić information content (AvgIpc) is 3.19. The molecule has 0 aliphatic rings. The molecule has 11 heteroatoms. The van der Waals surface area contributed by atoms with Gasteiger partial charge in [-0.05, 0) is 78.6 Å². The lowest BCUT2D eigenvalue weighted by atomic mass is 10.1. The standard InChI is InChI=1S/C21H20N4O5S2/c1-13-11-14(2)20(15(3)12-13)25-31(26,27)17-9-7-16(8-10-17)24-32(28,29)19-6-4-5-18-21(19)23-30-22-18/h4-12,24-25H,1-3H3. The van der Waals surface area contributed by atoms with Crippen molar-refractivity contribution in [1.29, 1.82) is 0 Å². The van der Waals surface area contributed by atoms with Crippen LogP contribution in [-0.2, 0) is 20.0 Å². The molecule has 0 saturated heterocycles. The van der Waals surface area contributed by atoms with Gasteiger partial charge in [0.15, 0.2) is 5.52 Å². The van der Waals surface area contributed by atoms with Crippen molar-refractivity contribution in [2.75, 3.05) is 9.44 Å². The second kappa shape index (κ2) is 7.92. The molecule has 0 aliphatic heterocycles. The molecule has 1 heterocycles. The molecule has 0 atom stereocenters. The third kappa shape index (κ3) is 4.16. The lowest BCUT2D eigenvalue weighted by molar-refractivity contribution is 0.315. The van der Waals surface area contributed by atoms with E-state index < -0.39 is 20.0 Å². The molecule has 0 amide bonds. The first-order valence-electron chi connectivity index (χ1n) is 9.52. The van der Waals surface area contributed by atoms with E-state index in [9.17, 15) is 16.8 Å². The van der Waals surface area contributed by atoms with Gasteiger partial charge < -0.3 is 0 Å². The topological polar surface area (TPSA) is 131 Å². The zero-order valence-corrected chi connectivity index (χ0v) is 19.1. The number of hydrogen-bond acceptors (Lipinski definition) is 7. The van der Waals surface area contributed by atoms with Crippen LogP contribution in [-0.4, -0.2) is 27.1 Å². The van der Waals surface area contributed by atoms with Gasteiger partial charge >= 0.3 is 0 Å². The highest BCUT2D eigenvalue weighted by atomic mass is 32.2. The Kier molecular flexibility index (Phi) is 5.39. The number of nitrogens with one attached hydrogen (secondary N) is 2. The van der Waals surface area contributed by atoms with Gasteiger partial charge in [-0.1, -0.05) is 23.8 Å². The van der Waals surface area contributed by atoms with Crippen molar-refractivity contribution in [1.82, 2.24) is 10.3 Å². The number of anilines is 2. The number of rotatable bonds is 6. The van der Waals surface area contributed by atoms with Gasteiger partial charge in [0.25, 0.3) is 20.0 Å². The van der Waals surface area contributed by atoms with Crippen LogP contribution in [0, 0.1) is 20.8 Å². The Labute approximate surface area is 185 Å². The Morgan fingerprint density at radius 3 is 2.09 bits per heavy atom. The second-order valence-electron chi connectivity index (χ2n) is 7.40. The van der Waals surface area contributed by atoms with Gasteiger partial charge in [-0.3, -0.25) is 9.44 Å². The minimum atomic E-state index is -4.00. The Morgan fingerprint density at radius 1 is 0.781 bits per heavy atom. The fraction of sp³-hybridized carbons (Fsp3) is 0.143. The fourth-order valence-electron chi connectivity index (χ4n) is 3.44. The Bertz CT molecular complexity index is 1500. The summed E-state index contributed by atoms with van der Waals surface area (Å²) in [5.41, 5.74) is 3.79. The zero-order chi connectivity index (χ0) is 23.1. The van der Waals surface area contributed by atoms with Gasteiger partial charge in [-0.2, -0.15) is 0 Å². The Hall–Kier alpha value is -3.44. The summed E-state index contributed by atoms with van der Waals surface area (Å²) in [6.07, 6.45) is 0. The molecule has 2 N–H and O–H groups in total. The molecule has 0 fully saturated rings. The number of hydrogen-bond donors (Lipinski definition) is 2. The van der Waals surface area contributed by atoms with Crippen LogP contribution in [0.2, 0.25) is 0 Å². The minimum Gasteiger partial charge on any atom is -0.280 e. The first-order valence-corrected chi connectivity index (χ1v) is 12.5. The molecule has 4 rings (SSSR count). The highest BCUT2D eigenvalue weighted by molar-refractivity contribution is 7.93. The van der Waals surface area contributed by atoms with Gasteiger partial charge in [0, 0.05) is 5.69 Å². The van der Waals surface area contributed by atoms with Gasteiger partial charge in [-0.25, -0.2) is 21.5 Å². The van der Waals surface area contributed by atoms with Gasteiger partial charge in [0.05, 0.1) is 10.6 Å². The molecule has 0 unspecified atom stereocenters. The van der Waals surface area contributed by atoms with E-state index >= 15 is 0 Å². The second-order valence-corrected chi connectivity index (χ2v) is 10.7. The van der Waals surface area contributed by atoms with Crippen LogP contribution in [0.25, 0.3) is 11.0 Å². The smallest absolute Gasteiger partial charge is 0.264 e. The molecule has 0 saturated carbocycles. The van der Waals surface area contributed by atoms with Gasteiger partial charge in [-0.15, -0.1) is 0 Å². The molecule has 0 spiro atoms. The van der Waals surface area contributed by atoms with Crippen molar-refractivity contribution in [3.05, 3.63) is 71.3 Å². The molecule has 4 aromatic rings. The fourth-order valence-corrected chi connectivity index (χ4v) is 5.86. The van der Waals surface area contributed by atoms with E-state index in [-0.39, 0.29) is 21.0 Å². The molecule has 3 aromatic carbocycles. The quantitative estimate of drug-likeness (QED) is 0.437. The molecule has 0 aliphatic carbocycles. The van der Waals surface area contributed by atoms with Crippen LogP contribution in [0.3, 0.4) is 0 Å². The Balaban J connectivity index is 1.58. The van der Waals surface area contributed by atoms with Crippen LogP contribution in [0.4, 0.5) is 11.4 Å². The number of nitrogens with zero attached hydrogens (tertiary/aromatic N) is 2. The third-order valence-electron chi connectivity index (χ3n) is 4.87. The van der Waals surface area contributed by atoms with Crippen molar-refractivity contribution in [3.63, 3.8) is 0 Å².